The molecule has 2 N–H and O–H groups in total. The Bertz CT molecular complexity index is 592. The van der Waals surface area contributed by atoms with Crippen molar-refractivity contribution in [1.82, 2.24) is 10.3 Å². The van der Waals surface area contributed by atoms with Gasteiger partial charge in [0.05, 0.1) is 11.6 Å². The molecule has 3 nitrogen and oxygen atoms in total. The summed E-state index contributed by atoms with van der Waals surface area (Å²) in [4.78, 5) is 14.9. The van der Waals surface area contributed by atoms with E-state index in [2.05, 4.69) is 10.3 Å². The van der Waals surface area contributed by atoms with E-state index >= 15 is 0 Å². The smallest absolute Gasteiger partial charge is 0.254 e. The third-order valence-electron chi connectivity index (χ3n) is 2.71. The van der Waals surface area contributed by atoms with Gasteiger partial charge in [0.2, 0.25) is 0 Å². The summed E-state index contributed by atoms with van der Waals surface area (Å²) < 4.78 is 0.454. The van der Waals surface area contributed by atoms with Crippen LogP contribution in [0.2, 0.25) is 0 Å². The van der Waals surface area contributed by atoms with Gasteiger partial charge in [-0.25, -0.2) is 0 Å². The second-order valence-electron chi connectivity index (χ2n) is 4.02. The van der Waals surface area contributed by atoms with Crippen molar-refractivity contribution in [3.8, 4) is 0 Å². The molecule has 0 aliphatic carbocycles. The monoisotopic (exact) mass is 258 g/mol. The second kappa shape index (κ2) is 5.60. The quantitative estimate of drug-likeness (QED) is 0.830. The highest BCUT2D eigenvalue weighted by molar-refractivity contribution is 7.71. The third kappa shape index (κ3) is 2.84. The number of hydrogen-bond donors (Lipinski definition) is 2. The molecule has 0 aliphatic heterocycles. The topological polar surface area (TPSA) is 44.9 Å². The van der Waals surface area contributed by atoms with Gasteiger partial charge in [0.1, 0.15) is 4.64 Å². The predicted octanol–water partition coefficient (Wildman–Crippen LogP) is 3.24. The maximum Gasteiger partial charge on any atom is 0.254 e. The minimum absolute atomic E-state index is 0.0479. The number of amides is 1. The molecule has 0 saturated carbocycles. The summed E-state index contributed by atoms with van der Waals surface area (Å²) in [5.74, 6) is -0.159. The normalized spacial score (nSPS) is 11.8. The van der Waals surface area contributed by atoms with Gasteiger partial charge in [-0.3, -0.25) is 4.79 Å². The summed E-state index contributed by atoms with van der Waals surface area (Å²) in [7, 11) is 0. The highest BCUT2D eigenvalue weighted by Crippen LogP contribution is 2.12. The van der Waals surface area contributed by atoms with Crippen molar-refractivity contribution in [2.45, 2.75) is 13.0 Å². The van der Waals surface area contributed by atoms with E-state index in [9.17, 15) is 4.79 Å². The van der Waals surface area contributed by atoms with Gasteiger partial charge < -0.3 is 10.3 Å². The van der Waals surface area contributed by atoms with E-state index in [0.29, 0.717) is 10.2 Å². The first kappa shape index (κ1) is 12.5. The Morgan fingerprint density at radius 2 is 1.94 bits per heavy atom. The summed E-state index contributed by atoms with van der Waals surface area (Å²) in [5.41, 5.74) is 1.56. The van der Waals surface area contributed by atoms with Crippen molar-refractivity contribution in [3.05, 3.63) is 64.4 Å². The third-order valence-corrected chi connectivity index (χ3v) is 3.05. The molecule has 0 unspecified atom stereocenters. The summed E-state index contributed by atoms with van der Waals surface area (Å²) in [6, 6.07) is 13.2. The Morgan fingerprint density at radius 3 is 2.61 bits per heavy atom. The van der Waals surface area contributed by atoms with E-state index in [-0.39, 0.29) is 11.9 Å². The van der Waals surface area contributed by atoms with Gasteiger partial charge in [-0.2, -0.15) is 0 Å². The van der Waals surface area contributed by atoms with Crippen LogP contribution < -0.4 is 5.32 Å². The molecule has 1 aromatic carbocycles. The minimum Gasteiger partial charge on any atom is -0.352 e. The lowest BCUT2D eigenvalue weighted by Gasteiger charge is -2.14. The van der Waals surface area contributed by atoms with E-state index < -0.39 is 0 Å². The predicted molar refractivity (Wildman–Crippen MR) is 73.9 cm³/mol. The molecule has 92 valence electrons. The Kier molecular flexibility index (Phi) is 3.89. The molecule has 1 heterocycles. The number of benzene rings is 1. The van der Waals surface area contributed by atoms with E-state index in [1.54, 1.807) is 18.3 Å². The number of aromatic nitrogens is 1. The second-order valence-corrected chi connectivity index (χ2v) is 4.43. The summed E-state index contributed by atoms with van der Waals surface area (Å²) in [5, 5.41) is 2.93. The molecule has 0 spiro atoms. The fourth-order valence-electron chi connectivity index (χ4n) is 1.70. The first-order valence-corrected chi connectivity index (χ1v) is 6.13. The van der Waals surface area contributed by atoms with Gasteiger partial charge >= 0.3 is 0 Å². The van der Waals surface area contributed by atoms with Gasteiger partial charge in [0.25, 0.3) is 5.91 Å². The van der Waals surface area contributed by atoms with Crippen LogP contribution in [0.1, 0.15) is 28.9 Å². The molecule has 0 radical (unpaired) electrons. The Balaban J connectivity index is 2.14. The Morgan fingerprint density at radius 1 is 1.22 bits per heavy atom. The largest absolute Gasteiger partial charge is 0.352 e. The standard InChI is InChI=1S/C14H14N2OS/c1-10(11-6-3-2-4-7-11)16-13(17)12-8-5-9-15-14(12)18/h2-10H,1H3,(H,15,18)(H,16,17)/t10-/m1/s1. The van der Waals surface area contributed by atoms with Crippen LogP contribution in [-0.4, -0.2) is 10.9 Å². The molecule has 0 aliphatic rings. The van der Waals surface area contributed by atoms with Crippen LogP contribution in [-0.2, 0) is 0 Å². The highest BCUT2D eigenvalue weighted by Gasteiger charge is 2.11. The molecular formula is C14H14N2OS. The zero-order chi connectivity index (χ0) is 13.0. The van der Waals surface area contributed by atoms with Crippen LogP contribution >= 0.6 is 12.2 Å². The molecule has 2 rings (SSSR count). The van der Waals surface area contributed by atoms with Crippen LogP contribution in [0.5, 0.6) is 0 Å². The molecule has 2 aromatic rings. The molecule has 4 heteroatoms. The van der Waals surface area contributed by atoms with Gasteiger partial charge in [-0.1, -0.05) is 42.5 Å². The molecule has 0 fully saturated rings. The molecule has 0 saturated heterocycles. The first-order valence-electron chi connectivity index (χ1n) is 5.72. The van der Waals surface area contributed by atoms with Crippen LogP contribution in [0.4, 0.5) is 0 Å². The first-order chi connectivity index (χ1) is 8.68. The maximum absolute atomic E-state index is 12.1. The molecule has 0 bridgehead atoms. The van der Waals surface area contributed by atoms with Crippen LogP contribution in [0.25, 0.3) is 0 Å². The van der Waals surface area contributed by atoms with E-state index in [1.165, 1.54) is 0 Å². The summed E-state index contributed by atoms with van der Waals surface area (Å²) in [6.07, 6.45) is 1.71. The zero-order valence-electron chi connectivity index (χ0n) is 10.0. The Hall–Kier alpha value is -1.94. The SMILES string of the molecule is C[C@@H](NC(=O)c1ccc[nH]c1=S)c1ccccc1. The van der Waals surface area contributed by atoms with Crippen molar-refractivity contribution in [2.24, 2.45) is 0 Å². The number of H-pyrrole nitrogens is 1. The fourth-order valence-corrected chi connectivity index (χ4v) is 1.93. The summed E-state index contributed by atoms with van der Waals surface area (Å²) in [6.45, 7) is 1.95. The van der Waals surface area contributed by atoms with Crippen LogP contribution in [0.15, 0.2) is 48.7 Å². The van der Waals surface area contributed by atoms with Crippen molar-refractivity contribution < 1.29 is 4.79 Å². The number of rotatable bonds is 3. The number of carbonyl (C=O) groups is 1. The maximum atomic E-state index is 12.1. The van der Waals surface area contributed by atoms with Gasteiger partial charge in [-0.15, -0.1) is 0 Å². The lowest BCUT2D eigenvalue weighted by Crippen LogP contribution is -2.27. The van der Waals surface area contributed by atoms with Crippen molar-refractivity contribution in [2.75, 3.05) is 0 Å². The summed E-state index contributed by atoms with van der Waals surface area (Å²) >= 11 is 5.08. The van der Waals surface area contributed by atoms with Crippen LogP contribution in [0.3, 0.4) is 0 Å². The van der Waals surface area contributed by atoms with E-state index in [4.69, 9.17) is 12.2 Å². The Labute approximate surface area is 111 Å². The van der Waals surface area contributed by atoms with Crippen molar-refractivity contribution >= 4 is 18.1 Å². The molecule has 18 heavy (non-hydrogen) atoms. The lowest BCUT2D eigenvalue weighted by molar-refractivity contribution is 0.0939. The molecule has 1 amide bonds. The molecular weight excluding hydrogens is 244 g/mol. The van der Waals surface area contributed by atoms with E-state index in [1.807, 2.05) is 37.3 Å². The number of carbonyl (C=O) groups excluding carboxylic acids is 1. The van der Waals surface area contributed by atoms with Crippen molar-refractivity contribution in [3.63, 3.8) is 0 Å². The number of aromatic amines is 1. The van der Waals surface area contributed by atoms with E-state index in [0.717, 1.165) is 5.56 Å². The van der Waals surface area contributed by atoms with Crippen molar-refractivity contribution in [1.29, 1.82) is 0 Å². The lowest BCUT2D eigenvalue weighted by atomic mass is 10.1. The fraction of sp³-hybridized carbons (Fsp3) is 0.143. The number of nitrogens with one attached hydrogen (secondary N) is 2. The zero-order valence-corrected chi connectivity index (χ0v) is 10.8. The van der Waals surface area contributed by atoms with Gasteiger partial charge in [-0.05, 0) is 24.6 Å². The van der Waals surface area contributed by atoms with Gasteiger partial charge in [0.15, 0.2) is 0 Å². The van der Waals surface area contributed by atoms with Gasteiger partial charge in [0, 0.05) is 6.20 Å². The number of hydrogen-bond acceptors (Lipinski definition) is 2. The molecule has 1 aromatic heterocycles. The highest BCUT2D eigenvalue weighted by atomic mass is 32.1. The van der Waals surface area contributed by atoms with Crippen LogP contribution in [0, 0.1) is 4.64 Å². The average Bonchev–Trinajstić information content (AvgIpc) is 2.40. The molecule has 1 atom stereocenters. The number of pyridine rings is 1. The average molecular weight is 258 g/mol. The minimum atomic E-state index is -0.159.